The second-order valence-electron chi connectivity index (χ2n) is 6.80. The van der Waals surface area contributed by atoms with Crippen molar-refractivity contribution >= 4 is 60.9 Å². The van der Waals surface area contributed by atoms with Crippen LogP contribution in [0.5, 0.6) is 11.5 Å². The number of hydrogen-bond acceptors (Lipinski definition) is 6. The highest BCUT2D eigenvalue weighted by molar-refractivity contribution is 9.10. The molecule has 0 unspecified atom stereocenters. The van der Waals surface area contributed by atoms with Crippen molar-refractivity contribution in [2.24, 2.45) is 0 Å². The van der Waals surface area contributed by atoms with Gasteiger partial charge >= 0.3 is 0 Å². The molecule has 0 saturated heterocycles. The zero-order valence-corrected chi connectivity index (χ0v) is 20.6. The maximum absolute atomic E-state index is 13.3. The van der Waals surface area contributed by atoms with E-state index >= 15 is 0 Å². The fourth-order valence-electron chi connectivity index (χ4n) is 2.96. The topological polar surface area (TPSA) is 54.9 Å². The highest BCUT2D eigenvalue weighted by Crippen LogP contribution is 2.37. The van der Waals surface area contributed by atoms with Crippen LogP contribution in [0.25, 0.3) is 10.2 Å². The molecule has 6 nitrogen and oxygen atoms in total. The maximum atomic E-state index is 13.3. The first-order valence-corrected chi connectivity index (χ1v) is 10.8. The van der Waals surface area contributed by atoms with E-state index in [2.05, 4.69) is 20.8 Å². The minimum atomic E-state index is -0.0666. The van der Waals surface area contributed by atoms with Gasteiger partial charge in [-0.25, -0.2) is 4.98 Å². The number of anilines is 1. The van der Waals surface area contributed by atoms with Crippen LogP contribution in [0.2, 0.25) is 0 Å². The van der Waals surface area contributed by atoms with Crippen molar-refractivity contribution in [3.05, 3.63) is 46.4 Å². The minimum Gasteiger partial charge on any atom is -0.493 e. The summed E-state index contributed by atoms with van der Waals surface area (Å²) in [5.74, 6) is 1.20. The van der Waals surface area contributed by atoms with Crippen molar-refractivity contribution in [1.29, 1.82) is 0 Å². The molecular formula is C21H25BrClN3O3S. The SMILES string of the molecule is COc1cc2nc(N(CCCN(C)C)C(=O)c3cccc(Br)c3)sc2cc1OC.Cl. The highest BCUT2D eigenvalue weighted by atomic mass is 79.9. The zero-order valence-electron chi connectivity index (χ0n) is 17.3. The van der Waals surface area contributed by atoms with Crippen LogP contribution in [0, 0.1) is 0 Å². The van der Waals surface area contributed by atoms with E-state index in [9.17, 15) is 4.79 Å². The Kier molecular flexibility index (Phi) is 8.91. The first kappa shape index (κ1) is 24.4. The first-order chi connectivity index (χ1) is 13.9. The van der Waals surface area contributed by atoms with Gasteiger partial charge in [-0.15, -0.1) is 12.4 Å². The van der Waals surface area contributed by atoms with Gasteiger partial charge in [0.1, 0.15) is 0 Å². The van der Waals surface area contributed by atoms with Crippen molar-refractivity contribution in [3.8, 4) is 11.5 Å². The lowest BCUT2D eigenvalue weighted by Crippen LogP contribution is -2.33. The molecular weight excluding hydrogens is 490 g/mol. The third-order valence-electron chi connectivity index (χ3n) is 4.42. The molecule has 162 valence electrons. The number of carbonyl (C=O) groups is 1. The van der Waals surface area contributed by atoms with E-state index in [1.807, 2.05) is 50.5 Å². The number of ether oxygens (including phenoxy) is 2. The predicted octanol–water partition coefficient (Wildman–Crippen LogP) is 5.10. The van der Waals surface area contributed by atoms with Gasteiger partial charge < -0.3 is 14.4 Å². The van der Waals surface area contributed by atoms with Gasteiger partial charge in [-0.1, -0.05) is 33.3 Å². The van der Waals surface area contributed by atoms with Gasteiger partial charge in [-0.3, -0.25) is 9.69 Å². The molecule has 3 aromatic rings. The molecule has 0 aliphatic carbocycles. The first-order valence-electron chi connectivity index (χ1n) is 9.17. The molecule has 0 aliphatic heterocycles. The van der Waals surface area contributed by atoms with Crippen molar-refractivity contribution in [2.75, 3.05) is 46.3 Å². The number of halogens is 2. The van der Waals surface area contributed by atoms with Crippen LogP contribution >= 0.6 is 39.7 Å². The Morgan fingerprint density at radius 1 is 1.10 bits per heavy atom. The minimum absolute atomic E-state index is 0. The second-order valence-corrected chi connectivity index (χ2v) is 8.72. The summed E-state index contributed by atoms with van der Waals surface area (Å²) >= 11 is 4.92. The monoisotopic (exact) mass is 513 g/mol. The summed E-state index contributed by atoms with van der Waals surface area (Å²) < 4.78 is 12.6. The Bertz CT molecular complexity index is 971. The van der Waals surface area contributed by atoms with Gasteiger partial charge in [-0.05, 0) is 45.3 Å². The third kappa shape index (κ3) is 5.63. The van der Waals surface area contributed by atoms with E-state index in [0.717, 1.165) is 27.7 Å². The molecule has 0 fully saturated rings. The Balaban J connectivity index is 0.00000320. The van der Waals surface area contributed by atoms with E-state index in [1.165, 1.54) is 11.3 Å². The lowest BCUT2D eigenvalue weighted by Gasteiger charge is -2.21. The summed E-state index contributed by atoms with van der Waals surface area (Å²) in [6, 6.07) is 11.2. The van der Waals surface area contributed by atoms with Crippen LogP contribution in [0.1, 0.15) is 16.8 Å². The molecule has 0 spiro atoms. The smallest absolute Gasteiger partial charge is 0.260 e. The van der Waals surface area contributed by atoms with Crippen LogP contribution < -0.4 is 14.4 Å². The Morgan fingerprint density at radius 3 is 2.43 bits per heavy atom. The Hall–Kier alpha value is -1.87. The van der Waals surface area contributed by atoms with E-state index in [4.69, 9.17) is 14.5 Å². The average molecular weight is 515 g/mol. The van der Waals surface area contributed by atoms with Crippen molar-refractivity contribution in [3.63, 3.8) is 0 Å². The van der Waals surface area contributed by atoms with Gasteiger partial charge in [0.05, 0.1) is 24.4 Å². The van der Waals surface area contributed by atoms with Crippen LogP contribution in [-0.4, -0.2) is 57.2 Å². The number of methoxy groups -OCH3 is 2. The van der Waals surface area contributed by atoms with Gasteiger partial charge in [0.2, 0.25) is 0 Å². The molecule has 2 aromatic carbocycles. The number of nitrogens with zero attached hydrogens (tertiary/aromatic N) is 3. The fourth-order valence-corrected chi connectivity index (χ4v) is 4.36. The molecule has 1 amide bonds. The number of fused-ring (bicyclic) bond motifs is 1. The fraction of sp³-hybridized carbons (Fsp3) is 0.333. The zero-order chi connectivity index (χ0) is 21.0. The summed E-state index contributed by atoms with van der Waals surface area (Å²) in [4.78, 5) is 21.9. The molecule has 3 rings (SSSR count). The van der Waals surface area contributed by atoms with Gasteiger partial charge in [0.25, 0.3) is 5.91 Å². The van der Waals surface area contributed by atoms with E-state index in [0.29, 0.717) is 28.7 Å². The number of aromatic nitrogens is 1. The van der Waals surface area contributed by atoms with Crippen LogP contribution in [0.4, 0.5) is 5.13 Å². The normalized spacial score (nSPS) is 10.7. The Labute approximate surface area is 195 Å². The van der Waals surface area contributed by atoms with Gasteiger partial charge in [0, 0.05) is 28.7 Å². The molecule has 1 heterocycles. The van der Waals surface area contributed by atoms with Crippen molar-refractivity contribution in [2.45, 2.75) is 6.42 Å². The highest BCUT2D eigenvalue weighted by Gasteiger charge is 2.22. The molecule has 0 aliphatic rings. The molecule has 30 heavy (non-hydrogen) atoms. The quantitative estimate of drug-likeness (QED) is 0.419. The number of carbonyl (C=O) groups excluding carboxylic acids is 1. The number of thiazole rings is 1. The number of benzene rings is 2. The van der Waals surface area contributed by atoms with Gasteiger partial charge in [0.15, 0.2) is 16.6 Å². The summed E-state index contributed by atoms with van der Waals surface area (Å²) in [6.45, 7) is 1.46. The standard InChI is InChI=1S/C21H24BrN3O3S.ClH/c1-24(2)9-6-10-25(20(26)14-7-5-8-15(22)11-14)21-23-16-12-17(27-3)18(28-4)13-19(16)29-21;/h5,7-8,11-13H,6,9-10H2,1-4H3;1H. The lowest BCUT2D eigenvalue weighted by atomic mass is 10.2. The molecule has 0 atom stereocenters. The summed E-state index contributed by atoms with van der Waals surface area (Å²) in [5.41, 5.74) is 1.40. The molecule has 9 heteroatoms. The van der Waals surface area contributed by atoms with Crippen LogP contribution in [0.3, 0.4) is 0 Å². The van der Waals surface area contributed by atoms with E-state index in [-0.39, 0.29) is 18.3 Å². The van der Waals surface area contributed by atoms with Crippen molar-refractivity contribution in [1.82, 2.24) is 9.88 Å². The average Bonchev–Trinajstić information content (AvgIpc) is 3.11. The molecule has 0 radical (unpaired) electrons. The van der Waals surface area contributed by atoms with Crippen molar-refractivity contribution < 1.29 is 14.3 Å². The number of rotatable bonds is 8. The lowest BCUT2D eigenvalue weighted by molar-refractivity contribution is 0.0986. The number of amides is 1. The molecule has 0 saturated carbocycles. The second kappa shape index (κ2) is 10.9. The molecule has 0 bridgehead atoms. The Morgan fingerprint density at radius 2 is 1.80 bits per heavy atom. The van der Waals surface area contributed by atoms with E-state index < -0.39 is 0 Å². The number of hydrogen-bond donors (Lipinski definition) is 0. The van der Waals surface area contributed by atoms with Crippen LogP contribution in [-0.2, 0) is 0 Å². The predicted molar refractivity (Wildman–Crippen MR) is 129 cm³/mol. The summed E-state index contributed by atoms with van der Waals surface area (Å²) in [6.07, 6.45) is 0.843. The summed E-state index contributed by atoms with van der Waals surface area (Å²) in [5, 5.41) is 0.666. The molecule has 1 aromatic heterocycles. The third-order valence-corrected chi connectivity index (χ3v) is 5.95. The molecule has 0 N–H and O–H groups in total. The van der Waals surface area contributed by atoms with Gasteiger partial charge in [-0.2, -0.15) is 0 Å². The maximum Gasteiger partial charge on any atom is 0.260 e. The van der Waals surface area contributed by atoms with E-state index in [1.54, 1.807) is 19.1 Å². The van der Waals surface area contributed by atoms with Crippen LogP contribution in [0.15, 0.2) is 40.9 Å². The largest absolute Gasteiger partial charge is 0.493 e. The summed E-state index contributed by atoms with van der Waals surface area (Å²) in [7, 11) is 7.25.